The number of halogens is 1. The fourth-order valence-corrected chi connectivity index (χ4v) is 3.55. The SMILES string of the molecule is Cc1cc(S)c(Cl)cc1OCc1c(C2CC2)cccc1-n1nnn(C)c1=O. The molecule has 0 bridgehead atoms. The van der Waals surface area contributed by atoms with Crippen LogP contribution >= 0.6 is 24.2 Å². The van der Waals surface area contributed by atoms with Gasteiger partial charge in [-0.1, -0.05) is 23.7 Å². The number of ether oxygens (including phenoxy) is 1. The third-order valence-corrected chi connectivity index (χ3v) is 5.59. The highest BCUT2D eigenvalue weighted by atomic mass is 35.5. The summed E-state index contributed by atoms with van der Waals surface area (Å²) in [5.41, 5.74) is 3.51. The molecule has 4 rings (SSSR count). The first-order valence-corrected chi connectivity index (χ1v) is 9.51. The molecule has 6 nitrogen and oxygen atoms in total. The van der Waals surface area contributed by atoms with Crippen LogP contribution in [0.5, 0.6) is 5.75 Å². The Kier molecular flexibility index (Phi) is 4.74. The van der Waals surface area contributed by atoms with E-state index in [1.807, 2.05) is 25.1 Å². The van der Waals surface area contributed by atoms with E-state index in [-0.39, 0.29) is 5.69 Å². The third kappa shape index (κ3) is 3.49. The lowest BCUT2D eigenvalue weighted by atomic mass is 10.0. The Balaban J connectivity index is 1.74. The highest BCUT2D eigenvalue weighted by Crippen LogP contribution is 2.43. The Hall–Kier alpha value is -2.25. The van der Waals surface area contributed by atoms with Gasteiger partial charge in [0.2, 0.25) is 0 Å². The second kappa shape index (κ2) is 7.05. The van der Waals surface area contributed by atoms with Gasteiger partial charge in [-0.05, 0) is 59.4 Å². The van der Waals surface area contributed by atoms with Crippen molar-refractivity contribution >= 4 is 24.2 Å². The molecule has 8 heteroatoms. The van der Waals surface area contributed by atoms with Crippen LogP contribution in [0.25, 0.3) is 5.69 Å². The van der Waals surface area contributed by atoms with E-state index in [1.54, 1.807) is 13.1 Å². The molecule has 1 aliphatic carbocycles. The molecule has 0 spiro atoms. The van der Waals surface area contributed by atoms with Crippen molar-refractivity contribution in [1.82, 2.24) is 19.8 Å². The van der Waals surface area contributed by atoms with Gasteiger partial charge >= 0.3 is 5.69 Å². The van der Waals surface area contributed by atoms with E-state index in [0.29, 0.717) is 33.9 Å². The molecule has 0 radical (unpaired) electrons. The summed E-state index contributed by atoms with van der Waals surface area (Å²) in [6.45, 7) is 2.26. The quantitative estimate of drug-likeness (QED) is 0.661. The minimum atomic E-state index is -0.289. The van der Waals surface area contributed by atoms with E-state index in [1.165, 1.54) is 14.9 Å². The zero-order valence-electron chi connectivity index (χ0n) is 15.0. The zero-order valence-corrected chi connectivity index (χ0v) is 16.7. The van der Waals surface area contributed by atoms with Crippen molar-refractivity contribution in [2.24, 2.45) is 7.05 Å². The predicted molar refractivity (Wildman–Crippen MR) is 106 cm³/mol. The number of hydrogen-bond acceptors (Lipinski definition) is 5. The van der Waals surface area contributed by atoms with Crippen LogP contribution in [0, 0.1) is 6.92 Å². The van der Waals surface area contributed by atoms with Crippen molar-refractivity contribution in [1.29, 1.82) is 0 Å². The van der Waals surface area contributed by atoms with E-state index in [0.717, 1.165) is 24.0 Å². The van der Waals surface area contributed by atoms with E-state index >= 15 is 0 Å². The molecule has 0 unspecified atom stereocenters. The molecule has 3 aromatic rings. The summed E-state index contributed by atoms with van der Waals surface area (Å²) in [6.07, 6.45) is 2.29. The number of aryl methyl sites for hydroxylation is 2. The van der Waals surface area contributed by atoms with Crippen LogP contribution in [0.1, 0.15) is 35.4 Å². The molecule has 1 heterocycles. The van der Waals surface area contributed by atoms with Crippen molar-refractivity contribution in [3.63, 3.8) is 0 Å². The highest BCUT2D eigenvalue weighted by molar-refractivity contribution is 7.80. The average Bonchev–Trinajstić information content (AvgIpc) is 3.43. The summed E-state index contributed by atoms with van der Waals surface area (Å²) >= 11 is 10.5. The molecular weight excluding hydrogens is 384 g/mol. The first-order valence-electron chi connectivity index (χ1n) is 8.68. The summed E-state index contributed by atoms with van der Waals surface area (Å²) in [4.78, 5) is 13.1. The molecule has 1 aromatic heterocycles. The van der Waals surface area contributed by atoms with Gasteiger partial charge in [0, 0.05) is 23.6 Å². The van der Waals surface area contributed by atoms with Gasteiger partial charge in [-0.2, -0.15) is 9.36 Å². The second-order valence-corrected chi connectivity index (χ2v) is 7.66. The van der Waals surface area contributed by atoms with Gasteiger partial charge in [0.05, 0.1) is 10.7 Å². The first-order chi connectivity index (χ1) is 13.0. The van der Waals surface area contributed by atoms with Gasteiger partial charge in [-0.25, -0.2) is 4.79 Å². The minimum Gasteiger partial charge on any atom is -0.488 e. The van der Waals surface area contributed by atoms with Gasteiger partial charge in [0.1, 0.15) is 12.4 Å². The summed E-state index contributed by atoms with van der Waals surface area (Å²) in [5.74, 6) is 1.20. The largest absolute Gasteiger partial charge is 0.488 e. The van der Waals surface area contributed by atoms with E-state index < -0.39 is 0 Å². The van der Waals surface area contributed by atoms with Crippen molar-refractivity contribution in [2.45, 2.75) is 37.2 Å². The smallest absolute Gasteiger partial charge is 0.368 e. The fourth-order valence-electron chi connectivity index (χ4n) is 3.14. The molecule has 1 fully saturated rings. The number of hydrogen-bond donors (Lipinski definition) is 1. The van der Waals surface area contributed by atoms with Crippen LogP contribution in [-0.4, -0.2) is 19.8 Å². The van der Waals surface area contributed by atoms with E-state index in [4.69, 9.17) is 16.3 Å². The molecule has 1 saturated carbocycles. The van der Waals surface area contributed by atoms with Crippen molar-refractivity contribution in [3.05, 3.63) is 62.5 Å². The minimum absolute atomic E-state index is 0.289. The lowest BCUT2D eigenvalue weighted by molar-refractivity contribution is 0.302. The van der Waals surface area contributed by atoms with Crippen molar-refractivity contribution in [3.8, 4) is 11.4 Å². The Bertz CT molecular complexity index is 1070. The fraction of sp³-hybridized carbons (Fsp3) is 0.316. The van der Waals surface area contributed by atoms with Crippen molar-refractivity contribution in [2.75, 3.05) is 0 Å². The first kappa shape index (κ1) is 18.1. The van der Waals surface area contributed by atoms with Gasteiger partial charge < -0.3 is 4.74 Å². The maximum Gasteiger partial charge on any atom is 0.368 e. The maximum atomic E-state index is 12.4. The van der Waals surface area contributed by atoms with E-state index in [2.05, 4.69) is 29.1 Å². The lowest BCUT2D eigenvalue weighted by Gasteiger charge is -2.16. The molecule has 1 aliphatic rings. The Morgan fingerprint density at radius 1 is 1.30 bits per heavy atom. The molecular formula is C19H19ClN4O2S. The molecule has 0 saturated heterocycles. The Morgan fingerprint density at radius 3 is 2.74 bits per heavy atom. The molecule has 0 amide bonds. The monoisotopic (exact) mass is 402 g/mol. The number of nitrogens with zero attached hydrogens (tertiary/aromatic N) is 4. The standard InChI is InChI=1S/C19H19ClN4O2S/c1-11-8-18(27)15(20)9-17(11)26-10-14-13(12-6-7-12)4-3-5-16(14)24-19(25)23(2)21-22-24/h3-5,8-9,12,27H,6-7,10H2,1-2H3. The Labute approximate surface area is 167 Å². The van der Waals surface area contributed by atoms with Gasteiger partial charge in [-0.15, -0.1) is 12.6 Å². The Morgan fingerprint density at radius 2 is 2.07 bits per heavy atom. The molecule has 140 valence electrons. The summed E-state index contributed by atoms with van der Waals surface area (Å²) < 4.78 is 8.63. The molecule has 0 aliphatic heterocycles. The molecule has 2 aromatic carbocycles. The second-order valence-electron chi connectivity index (χ2n) is 6.77. The summed E-state index contributed by atoms with van der Waals surface area (Å²) in [6, 6.07) is 9.56. The number of thiol groups is 1. The number of aromatic nitrogens is 4. The normalized spacial score (nSPS) is 13.8. The average molecular weight is 403 g/mol. The maximum absolute atomic E-state index is 12.4. The molecule has 27 heavy (non-hydrogen) atoms. The van der Waals surface area contributed by atoms with Crippen LogP contribution in [0.2, 0.25) is 5.02 Å². The van der Waals surface area contributed by atoms with E-state index in [9.17, 15) is 4.79 Å². The number of tetrazole rings is 1. The van der Waals surface area contributed by atoms with Crippen LogP contribution in [0.4, 0.5) is 0 Å². The van der Waals surface area contributed by atoms with Gasteiger partial charge in [0.15, 0.2) is 0 Å². The zero-order chi connectivity index (χ0) is 19.1. The van der Waals surface area contributed by atoms with Crippen LogP contribution in [0.3, 0.4) is 0 Å². The lowest BCUT2D eigenvalue weighted by Crippen LogP contribution is -2.23. The van der Waals surface area contributed by atoms with Crippen LogP contribution < -0.4 is 10.4 Å². The molecule has 0 atom stereocenters. The van der Waals surface area contributed by atoms with Gasteiger partial charge in [-0.3, -0.25) is 0 Å². The van der Waals surface area contributed by atoms with Crippen LogP contribution in [0.15, 0.2) is 40.0 Å². The highest BCUT2D eigenvalue weighted by Gasteiger charge is 2.28. The molecule has 0 N–H and O–H groups in total. The van der Waals surface area contributed by atoms with Gasteiger partial charge in [0.25, 0.3) is 0 Å². The third-order valence-electron chi connectivity index (χ3n) is 4.77. The summed E-state index contributed by atoms with van der Waals surface area (Å²) in [5, 5.41) is 8.37. The predicted octanol–water partition coefficient (Wildman–Crippen LogP) is 3.67. The topological polar surface area (TPSA) is 61.9 Å². The number of rotatable bonds is 5. The van der Waals surface area contributed by atoms with Crippen LogP contribution in [-0.2, 0) is 13.7 Å². The van der Waals surface area contributed by atoms with Crippen molar-refractivity contribution < 1.29 is 4.74 Å². The number of benzene rings is 2. The summed E-state index contributed by atoms with van der Waals surface area (Å²) in [7, 11) is 1.58.